The molecule has 3 nitrogen and oxygen atoms in total. The fourth-order valence-corrected chi connectivity index (χ4v) is 3.60. The van der Waals surface area contributed by atoms with Gasteiger partial charge in [0.2, 0.25) is 0 Å². The number of nitrogens with zero attached hydrogens (tertiary/aromatic N) is 1. The largest absolute Gasteiger partial charge is 0.315 e. The maximum Gasteiger partial charge on any atom is 0.0192 e. The molecular formula is C16H33N3. The van der Waals surface area contributed by atoms with E-state index < -0.39 is 0 Å². The van der Waals surface area contributed by atoms with E-state index in [1.807, 2.05) is 0 Å². The molecule has 2 heterocycles. The van der Waals surface area contributed by atoms with Crippen LogP contribution in [0.15, 0.2) is 0 Å². The van der Waals surface area contributed by atoms with E-state index in [0.29, 0.717) is 11.5 Å². The molecule has 0 aromatic carbocycles. The SMILES string of the molecule is CN1CCC(C(C)(C)CNCC2CCCCN2)CC1. The van der Waals surface area contributed by atoms with Gasteiger partial charge in [0.25, 0.3) is 0 Å². The Kier molecular flexibility index (Phi) is 5.67. The molecule has 0 aliphatic carbocycles. The first-order valence-electron chi connectivity index (χ1n) is 8.20. The molecule has 0 saturated carbocycles. The van der Waals surface area contributed by atoms with Crippen molar-refractivity contribution in [3.8, 4) is 0 Å². The second-order valence-electron chi connectivity index (χ2n) is 7.34. The van der Waals surface area contributed by atoms with E-state index in [4.69, 9.17) is 0 Å². The van der Waals surface area contributed by atoms with Gasteiger partial charge in [0, 0.05) is 19.1 Å². The topological polar surface area (TPSA) is 27.3 Å². The number of nitrogens with one attached hydrogen (secondary N) is 2. The number of likely N-dealkylation sites (tertiary alicyclic amines) is 1. The summed E-state index contributed by atoms with van der Waals surface area (Å²) in [5.41, 5.74) is 0.440. The fourth-order valence-electron chi connectivity index (χ4n) is 3.60. The maximum atomic E-state index is 3.73. The zero-order chi connectivity index (χ0) is 13.7. The van der Waals surface area contributed by atoms with Crippen molar-refractivity contribution >= 4 is 0 Å². The van der Waals surface area contributed by atoms with Crippen LogP contribution in [0.4, 0.5) is 0 Å². The van der Waals surface area contributed by atoms with Crippen molar-refractivity contribution in [1.29, 1.82) is 0 Å². The van der Waals surface area contributed by atoms with Crippen molar-refractivity contribution < 1.29 is 0 Å². The Balaban J connectivity index is 1.68. The Hall–Kier alpha value is -0.120. The summed E-state index contributed by atoms with van der Waals surface area (Å²) in [5, 5.41) is 7.35. The lowest BCUT2D eigenvalue weighted by Gasteiger charge is -2.40. The van der Waals surface area contributed by atoms with E-state index >= 15 is 0 Å². The fraction of sp³-hybridized carbons (Fsp3) is 1.00. The standard InChI is InChI=1S/C16H33N3/c1-16(2,14-7-10-19(3)11-8-14)13-17-12-15-6-4-5-9-18-15/h14-15,17-18H,4-13H2,1-3H3. The van der Waals surface area contributed by atoms with E-state index in [9.17, 15) is 0 Å². The third-order valence-corrected chi connectivity index (χ3v) is 5.21. The second-order valence-corrected chi connectivity index (χ2v) is 7.34. The van der Waals surface area contributed by atoms with Crippen molar-refractivity contribution in [3.05, 3.63) is 0 Å². The lowest BCUT2D eigenvalue weighted by Crippen LogP contribution is -2.46. The summed E-state index contributed by atoms with van der Waals surface area (Å²) >= 11 is 0. The molecule has 112 valence electrons. The zero-order valence-corrected chi connectivity index (χ0v) is 13.2. The van der Waals surface area contributed by atoms with Crippen molar-refractivity contribution in [1.82, 2.24) is 15.5 Å². The average molecular weight is 267 g/mol. The van der Waals surface area contributed by atoms with E-state index in [2.05, 4.69) is 36.4 Å². The molecule has 1 atom stereocenters. The molecule has 0 spiro atoms. The van der Waals surface area contributed by atoms with Crippen LogP contribution >= 0.6 is 0 Å². The normalized spacial score (nSPS) is 27.6. The molecule has 0 aromatic rings. The first-order valence-corrected chi connectivity index (χ1v) is 8.20. The van der Waals surface area contributed by atoms with Crippen LogP contribution in [0.25, 0.3) is 0 Å². The molecule has 2 aliphatic heterocycles. The highest BCUT2D eigenvalue weighted by Gasteiger charge is 2.31. The van der Waals surface area contributed by atoms with Crippen LogP contribution in [-0.2, 0) is 0 Å². The Morgan fingerprint density at radius 2 is 1.89 bits per heavy atom. The summed E-state index contributed by atoms with van der Waals surface area (Å²) in [6, 6.07) is 0.710. The summed E-state index contributed by atoms with van der Waals surface area (Å²) < 4.78 is 0. The van der Waals surface area contributed by atoms with Crippen molar-refractivity contribution in [2.75, 3.05) is 39.8 Å². The summed E-state index contributed by atoms with van der Waals surface area (Å²) in [7, 11) is 2.25. The predicted molar refractivity (Wildman–Crippen MR) is 82.5 cm³/mol. The first-order chi connectivity index (χ1) is 9.08. The summed E-state index contributed by atoms with van der Waals surface area (Å²) in [4.78, 5) is 2.46. The van der Waals surface area contributed by atoms with Gasteiger partial charge in [-0.2, -0.15) is 0 Å². The minimum absolute atomic E-state index is 0.440. The number of hydrogen-bond acceptors (Lipinski definition) is 3. The van der Waals surface area contributed by atoms with Crippen LogP contribution in [0.2, 0.25) is 0 Å². The van der Waals surface area contributed by atoms with Crippen molar-refractivity contribution in [3.63, 3.8) is 0 Å². The van der Waals surface area contributed by atoms with E-state index in [0.717, 1.165) is 12.5 Å². The molecule has 19 heavy (non-hydrogen) atoms. The Labute approximate surface area is 119 Å². The minimum Gasteiger partial charge on any atom is -0.315 e. The molecule has 0 amide bonds. The molecule has 2 saturated heterocycles. The van der Waals surface area contributed by atoms with Crippen LogP contribution in [0.1, 0.15) is 46.0 Å². The van der Waals surface area contributed by atoms with Gasteiger partial charge in [-0.25, -0.2) is 0 Å². The van der Waals surface area contributed by atoms with Gasteiger partial charge in [0.05, 0.1) is 0 Å². The molecule has 0 radical (unpaired) electrons. The maximum absolute atomic E-state index is 3.73. The Morgan fingerprint density at radius 3 is 2.53 bits per heavy atom. The third-order valence-electron chi connectivity index (χ3n) is 5.21. The molecule has 2 fully saturated rings. The molecule has 2 rings (SSSR count). The molecule has 1 unspecified atom stereocenters. The van der Waals surface area contributed by atoms with Gasteiger partial charge in [-0.3, -0.25) is 0 Å². The highest BCUT2D eigenvalue weighted by Crippen LogP contribution is 2.34. The summed E-state index contributed by atoms with van der Waals surface area (Å²) in [5.74, 6) is 0.885. The molecule has 2 N–H and O–H groups in total. The molecular weight excluding hydrogens is 234 g/mol. The van der Waals surface area contributed by atoms with Crippen LogP contribution < -0.4 is 10.6 Å². The van der Waals surface area contributed by atoms with Crippen LogP contribution in [-0.4, -0.2) is 50.7 Å². The van der Waals surface area contributed by atoms with E-state index in [1.165, 1.54) is 58.3 Å². The van der Waals surface area contributed by atoms with Crippen LogP contribution in [0.5, 0.6) is 0 Å². The molecule has 0 aromatic heterocycles. The highest BCUT2D eigenvalue weighted by molar-refractivity contribution is 4.85. The average Bonchev–Trinajstić information content (AvgIpc) is 2.40. The molecule has 3 heteroatoms. The zero-order valence-electron chi connectivity index (χ0n) is 13.2. The van der Waals surface area contributed by atoms with Crippen molar-refractivity contribution in [2.45, 2.75) is 52.0 Å². The van der Waals surface area contributed by atoms with E-state index in [1.54, 1.807) is 0 Å². The van der Waals surface area contributed by atoms with Gasteiger partial charge in [-0.05, 0) is 63.7 Å². The lowest BCUT2D eigenvalue weighted by molar-refractivity contribution is 0.112. The first kappa shape index (κ1) is 15.3. The second kappa shape index (κ2) is 7.05. The van der Waals surface area contributed by atoms with Gasteiger partial charge >= 0.3 is 0 Å². The number of rotatable bonds is 5. The Morgan fingerprint density at radius 1 is 1.16 bits per heavy atom. The number of hydrogen-bond donors (Lipinski definition) is 2. The number of piperidine rings is 2. The van der Waals surface area contributed by atoms with Gasteiger partial charge in [-0.1, -0.05) is 20.3 Å². The molecule has 2 aliphatic rings. The highest BCUT2D eigenvalue weighted by atomic mass is 15.1. The monoisotopic (exact) mass is 267 g/mol. The third kappa shape index (κ3) is 4.73. The Bertz CT molecular complexity index is 251. The quantitative estimate of drug-likeness (QED) is 0.799. The van der Waals surface area contributed by atoms with E-state index in [-0.39, 0.29) is 0 Å². The van der Waals surface area contributed by atoms with Gasteiger partial charge in [0.15, 0.2) is 0 Å². The van der Waals surface area contributed by atoms with Crippen molar-refractivity contribution in [2.24, 2.45) is 11.3 Å². The summed E-state index contributed by atoms with van der Waals surface area (Å²) in [6.45, 7) is 11.0. The predicted octanol–water partition coefficient (Wildman–Crippen LogP) is 2.09. The minimum atomic E-state index is 0.440. The smallest absolute Gasteiger partial charge is 0.0192 e. The van der Waals surface area contributed by atoms with Crippen LogP contribution in [0, 0.1) is 11.3 Å². The van der Waals surface area contributed by atoms with Gasteiger partial charge in [-0.15, -0.1) is 0 Å². The lowest BCUT2D eigenvalue weighted by atomic mass is 9.73. The van der Waals surface area contributed by atoms with Gasteiger partial charge in [0.1, 0.15) is 0 Å². The molecule has 0 bridgehead atoms. The van der Waals surface area contributed by atoms with Crippen LogP contribution in [0.3, 0.4) is 0 Å². The summed E-state index contributed by atoms with van der Waals surface area (Å²) in [6.07, 6.45) is 6.84. The van der Waals surface area contributed by atoms with Gasteiger partial charge < -0.3 is 15.5 Å².